The summed E-state index contributed by atoms with van der Waals surface area (Å²) in [5.41, 5.74) is 3.93. The maximum Gasteiger partial charge on any atom is 0.161 e. The number of anilines is 2. The molecule has 3 aromatic rings. The van der Waals surface area contributed by atoms with Crippen LogP contribution in [0.3, 0.4) is 0 Å². The molecule has 0 saturated heterocycles. The highest BCUT2D eigenvalue weighted by molar-refractivity contribution is 5.73. The largest absolute Gasteiger partial charge is 0.327 e. The van der Waals surface area contributed by atoms with Gasteiger partial charge >= 0.3 is 0 Å². The molecule has 0 unspecified atom stereocenters. The molecule has 0 amide bonds. The molecule has 0 spiro atoms. The van der Waals surface area contributed by atoms with Crippen LogP contribution in [0.4, 0.5) is 11.6 Å². The second kappa shape index (κ2) is 8.29. The van der Waals surface area contributed by atoms with Crippen LogP contribution in [-0.2, 0) is 6.54 Å². The smallest absolute Gasteiger partial charge is 0.161 e. The van der Waals surface area contributed by atoms with E-state index in [1.165, 1.54) is 5.57 Å². The van der Waals surface area contributed by atoms with Crippen LogP contribution in [0.15, 0.2) is 60.5 Å². The van der Waals surface area contributed by atoms with Crippen molar-refractivity contribution in [2.45, 2.75) is 33.7 Å². The number of H-pyrrole nitrogens is 1. The van der Waals surface area contributed by atoms with Crippen molar-refractivity contribution in [1.82, 2.24) is 24.7 Å². The van der Waals surface area contributed by atoms with Gasteiger partial charge in [-0.2, -0.15) is 5.10 Å². The van der Waals surface area contributed by atoms with Crippen molar-refractivity contribution in [1.29, 1.82) is 0 Å². The summed E-state index contributed by atoms with van der Waals surface area (Å²) in [6.07, 6.45) is 15.3. The first-order chi connectivity index (χ1) is 12.7. The van der Waals surface area contributed by atoms with Gasteiger partial charge in [0.05, 0.1) is 6.20 Å². The quantitative estimate of drug-likeness (QED) is 0.608. The predicted octanol–water partition coefficient (Wildman–Crippen LogP) is 4.68. The van der Waals surface area contributed by atoms with Crippen LogP contribution in [0.25, 0.3) is 11.2 Å². The van der Waals surface area contributed by atoms with Gasteiger partial charge in [-0.1, -0.05) is 37.3 Å². The van der Waals surface area contributed by atoms with E-state index in [1.807, 2.05) is 38.3 Å². The Morgan fingerprint density at radius 3 is 2.96 bits per heavy atom. The molecule has 26 heavy (non-hydrogen) atoms. The molecule has 0 aliphatic heterocycles. The minimum Gasteiger partial charge on any atom is -0.327 e. The summed E-state index contributed by atoms with van der Waals surface area (Å²) in [7, 11) is 0. The van der Waals surface area contributed by atoms with E-state index in [0.717, 1.165) is 35.6 Å². The molecular formula is C20H24N6. The summed E-state index contributed by atoms with van der Waals surface area (Å²) in [6.45, 7) is 6.85. The van der Waals surface area contributed by atoms with Gasteiger partial charge in [-0.3, -0.25) is 5.10 Å². The number of rotatable bonds is 7. The van der Waals surface area contributed by atoms with E-state index >= 15 is 0 Å². The van der Waals surface area contributed by atoms with Gasteiger partial charge in [-0.25, -0.2) is 9.97 Å². The molecule has 0 aromatic carbocycles. The highest BCUT2D eigenvalue weighted by Gasteiger charge is 2.07. The summed E-state index contributed by atoms with van der Waals surface area (Å²) in [5.74, 6) is 1.40. The second-order valence-corrected chi connectivity index (χ2v) is 6.05. The number of allylic oxidation sites excluding steroid dienone is 6. The molecule has 3 aromatic heterocycles. The van der Waals surface area contributed by atoms with Gasteiger partial charge in [0.15, 0.2) is 17.3 Å². The summed E-state index contributed by atoms with van der Waals surface area (Å²) < 4.78 is 2.11. The zero-order valence-electron chi connectivity index (χ0n) is 15.4. The van der Waals surface area contributed by atoms with Gasteiger partial charge in [-0.05, 0) is 31.9 Å². The van der Waals surface area contributed by atoms with Crippen LogP contribution in [0.5, 0.6) is 0 Å². The van der Waals surface area contributed by atoms with E-state index in [0.29, 0.717) is 5.82 Å². The average Bonchev–Trinajstić information content (AvgIpc) is 3.23. The number of aromatic amines is 1. The van der Waals surface area contributed by atoms with Crippen molar-refractivity contribution < 1.29 is 0 Å². The molecule has 6 nitrogen and oxygen atoms in total. The Bertz CT molecular complexity index is 958. The standard InChI is InChI=1S/C20H24N6/c1-4-6-8-16(9-7-5-2)14-26-11-10-17-20(26)23-19(13-21-17)22-18-12-15(3)24-25-18/h4,6-13H,5,14H2,1-3H3,(H2,22,23,24,25)/b6-4-,9-7-,16-8+. The molecule has 2 N–H and O–H groups in total. The third kappa shape index (κ3) is 4.27. The van der Waals surface area contributed by atoms with Crippen molar-refractivity contribution in [2.24, 2.45) is 0 Å². The molecule has 0 aliphatic rings. The monoisotopic (exact) mass is 348 g/mol. The van der Waals surface area contributed by atoms with E-state index in [4.69, 9.17) is 4.98 Å². The van der Waals surface area contributed by atoms with Crippen LogP contribution >= 0.6 is 0 Å². The van der Waals surface area contributed by atoms with Crippen molar-refractivity contribution >= 4 is 22.8 Å². The summed E-state index contributed by atoms with van der Waals surface area (Å²) in [6, 6.07) is 3.92. The summed E-state index contributed by atoms with van der Waals surface area (Å²) in [5, 5.41) is 10.3. The lowest BCUT2D eigenvalue weighted by Crippen LogP contribution is -2.02. The summed E-state index contributed by atoms with van der Waals surface area (Å²) >= 11 is 0. The number of fused-ring (bicyclic) bond motifs is 1. The van der Waals surface area contributed by atoms with Gasteiger partial charge in [0.25, 0.3) is 0 Å². The van der Waals surface area contributed by atoms with Crippen molar-refractivity contribution in [3.05, 3.63) is 66.2 Å². The first-order valence-corrected chi connectivity index (χ1v) is 8.79. The highest BCUT2D eigenvalue weighted by atomic mass is 15.2. The summed E-state index contributed by atoms with van der Waals surface area (Å²) in [4.78, 5) is 9.22. The van der Waals surface area contributed by atoms with Gasteiger partial charge < -0.3 is 9.88 Å². The normalized spacial score (nSPS) is 12.7. The average molecular weight is 348 g/mol. The number of aryl methyl sites for hydroxylation is 1. The molecular weight excluding hydrogens is 324 g/mol. The Morgan fingerprint density at radius 2 is 2.23 bits per heavy atom. The van der Waals surface area contributed by atoms with E-state index < -0.39 is 0 Å². The van der Waals surface area contributed by atoms with Gasteiger partial charge in [0, 0.05) is 24.5 Å². The number of hydrogen-bond acceptors (Lipinski definition) is 4. The molecule has 3 rings (SSSR count). The maximum absolute atomic E-state index is 4.72. The molecule has 6 heteroatoms. The third-order valence-electron chi connectivity index (χ3n) is 3.85. The minimum absolute atomic E-state index is 0.673. The van der Waals surface area contributed by atoms with Gasteiger partial charge in [0.2, 0.25) is 0 Å². The number of aromatic nitrogens is 5. The second-order valence-electron chi connectivity index (χ2n) is 6.05. The van der Waals surface area contributed by atoms with Crippen molar-refractivity contribution in [2.75, 3.05) is 5.32 Å². The van der Waals surface area contributed by atoms with Crippen LogP contribution in [0, 0.1) is 6.92 Å². The number of nitrogens with zero attached hydrogens (tertiary/aromatic N) is 4. The van der Waals surface area contributed by atoms with Crippen molar-refractivity contribution in [3.8, 4) is 0 Å². The highest BCUT2D eigenvalue weighted by Crippen LogP contribution is 2.18. The zero-order chi connectivity index (χ0) is 18.4. The van der Waals surface area contributed by atoms with Crippen LogP contribution in [0.1, 0.15) is 26.0 Å². The lowest BCUT2D eigenvalue weighted by atomic mass is 10.2. The fraction of sp³-hybridized carbons (Fsp3) is 0.250. The van der Waals surface area contributed by atoms with Crippen molar-refractivity contribution in [3.63, 3.8) is 0 Å². The molecule has 0 fully saturated rings. The zero-order valence-corrected chi connectivity index (χ0v) is 15.4. The Balaban J connectivity index is 1.88. The van der Waals surface area contributed by atoms with E-state index in [-0.39, 0.29) is 0 Å². The van der Waals surface area contributed by atoms with E-state index in [9.17, 15) is 0 Å². The first kappa shape index (κ1) is 17.7. The minimum atomic E-state index is 0.673. The van der Waals surface area contributed by atoms with E-state index in [1.54, 1.807) is 6.20 Å². The fourth-order valence-corrected chi connectivity index (χ4v) is 2.60. The number of nitrogens with one attached hydrogen (secondary N) is 2. The van der Waals surface area contributed by atoms with Gasteiger partial charge in [0.1, 0.15) is 5.52 Å². The first-order valence-electron chi connectivity index (χ1n) is 8.79. The van der Waals surface area contributed by atoms with Crippen LogP contribution in [-0.4, -0.2) is 24.7 Å². The molecule has 3 heterocycles. The van der Waals surface area contributed by atoms with E-state index in [2.05, 4.69) is 56.3 Å². The lowest BCUT2D eigenvalue weighted by molar-refractivity contribution is 0.823. The Morgan fingerprint density at radius 1 is 1.35 bits per heavy atom. The molecule has 134 valence electrons. The Kier molecular flexibility index (Phi) is 5.63. The Hall–Kier alpha value is -3.15. The fourth-order valence-electron chi connectivity index (χ4n) is 2.60. The Labute approximate surface area is 153 Å². The third-order valence-corrected chi connectivity index (χ3v) is 3.85. The maximum atomic E-state index is 4.72. The topological polar surface area (TPSA) is 71.4 Å². The van der Waals surface area contributed by atoms with Crippen LogP contribution < -0.4 is 5.32 Å². The SMILES string of the molecule is C\C=C/C=C(\C=C/CC)Cn1ccc2ncc(Nc3cc(C)[nH]n3)nc21. The number of hydrogen-bond donors (Lipinski definition) is 2. The molecule has 0 aliphatic carbocycles. The molecule has 0 radical (unpaired) electrons. The molecule has 0 bridgehead atoms. The predicted molar refractivity (Wildman–Crippen MR) is 106 cm³/mol. The van der Waals surface area contributed by atoms with Gasteiger partial charge in [-0.15, -0.1) is 0 Å². The lowest BCUT2D eigenvalue weighted by Gasteiger charge is -2.07. The molecule has 0 saturated carbocycles. The molecule has 0 atom stereocenters. The van der Waals surface area contributed by atoms with Crippen LogP contribution in [0.2, 0.25) is 0 Å².